The molecule has 0 aromatic heterocycles. The SMILES string of the molecule is CCC[C@]1(CN)CCCN1C(=O)OC(C)(C)C. The number of hydrogen-bond donors (Lipinski definition) is 1. The summed E-state index contributed by atoms with van der Waals surface area (Å²) in [5.74, 6) is 0. The molecule has 1 rings (SSSR count). The number of carbonyl (C=O) groups is 1. The lowest BCUT2D eigenvalue weighted by atomic mass is 9.91. The molecule has 2 N–H and O–H groups in total. The molecule has 0 unspecified atom stereocenters. The number of amides is 1. The van der Waals surface area contributed by atoms with Gasteiger partial charge >= 0.3 is 6.09 Å². The summed E-state index contributed by atoms with van der Waals surface area (Å²) < 4.78 is 5.46. The second-order valence-corrected chi connectivity index (χ2v) is 5.91. The number of nitrogens with zero attached hydrogens (tertiary/aromatic N) is 1. The molecule has 1 heterocycles. The highest BCUT2D eigenvalue weighted by Gasteiger charge is 2.43. The van der Waals surface area contributed by atoms with E-state index in [1.54, 1.807) is 0 Å². The topological polar surface area (TPSA) is 55.6 Å². The highest BCUT2D eigenvalue weighted by molar-refractivity contribution is 5.69. The lowest BCUT2D eigenvalue weighted by Gasteiger charge is -2.38. The van der Waals surface area contributed by atoms with Gasteiger partial charge in [0.15, 0.2) is 0 Å². The highest BCUT2D eigenvalue weighted by atomic mass is 16.6. The molecule has 0 spiro atoms. The van der Waals surface area contributed by atoms with Crippen LogP contribution in [0.3, 0.4) is 0 Å². The van der Waals surface area contributed by atoms with Gasteiger partial charge in [-0.15, -0.1) is 0 Å². The Hall–Kier alpha value is -0.770. The zero-order chi connectivity index (χ0) is 13.1. The molecule has 1 aliphatic rings. The van der Waals surface area contributed by atoms with Crippen LogP contribution in [0.2, 0.25) is 0 Å². The maximum absolute atomic E-state index is 12.2. The van der Waals surface area contributed by atoms with E-state index < -0.39 is 5.60 Å². The Bertz CT molecular complexity index is 273. The summed E-state index contributed by atoms with van der Waals surface area (Å²) >= 11 is 0. The Morgan fingerprint density at radius 2 is 2.12 bits per heavy atom. The summed E-state index contributed by atoms with van der Waals surface area (Å²) in [6.07, 6.45) is 3.81. The van der Waals surface area contributed by atoms with E-state index >= 15 is 0 Å². The number of nitrogens with two attached hydrogens (primary N) is 1. The van der Waals surface area contributed by atoms with Gasteiger partial charge in [-0.2, -0.15) is 0 Å². The molecule has 1 saturated heterocycles. The average molecular weight is 242 g/mol. The molecule has 1 fully saturated rings. The van der Waals surface area contributed by atoms with E-state index in [1.807, 2.05) is 25.7 Å². The second-order valence-electron chi connectivity index (χ2n) is 5.91. The van der Waals surface area contributed by atoms with Crippen molar-refractivity contribution in [3.05, 3.63) is 0 Å². The minimum Gasteiger partial charge on any atom is -0.444 e. The maximum atomic E-state index is 12.2. The minimum atomic E-state index is -0.438. The normalized spacial score (nSPS) is 25.1. The van der Waals surface area contributed by atoms with Crippen LogP contribution in [0.25, 0.3) is 0 Å². The van der Waals surface area contributed by atoms with Crippen LogP contribution in [0, 0.1) is 0 Å². The number of rotatable bonds is 3. The van der Waals surface area contributed by atoms with Gasteiger partial charge in [0.25, 0.3) is 0 Å². The lowest BCUT2D eigenvalue weighted by Crippen LogP contribution is -2.53. The van der Waals surface area contributed by atoms with Gasteiger partial charge in [0.2, 0.25) is 0 Å². The second kappa shape index (κ2) is 5.25. The fourth-order valence-corrected chi connectivity index (χ4v) is 2.58. The molecule has 100 valence electrons. The van der Waals surface area contributed by atoms with Gasteiger partial charge in [0, 0.05) is 13.1 Å². The van der Waals surface area contributed by atoms with Crippen molar-refractivity contribution in [2.45, 2.75) is 64.5 Å². The smallest absolute Gasteiger partial charge is 0.410 e. The van der Waals surface area contributed by atoms with Crippen molar-refractivity contribution in [1.29, 1.82) is 0 Å². The molecule has 0 saturated carbocycles. The molecule has 0 aromatic carbocycles. The van der Waals surface area contributed by atoms with Crippen molar-refractivity contribution in [2.75, 3.05) is 13.1 Å². The zero-order valence-electron chi connectivity index (χ0n) is 11.6. The fourth-order valence-electron chi connectivity index (χ4n) is 2.58. The van der Waals surface area contributed by atoms with Crippen LogP contribution in [-0.4, -0.2) is 35.2 Å². The van der Waals surface area contributed by atoms with E-state index in [2.05, 4.69) is 6.92 Å². The first-order chi connectivity index (χ1) is 7.84. The molecule has 1 amide bonds. The molecular formula is C13H26N2O2. The summed E-state index contributed by atoms with van der Waals surface area (Å²) in [6.45, 7) is 9.11. The van der Waals surface area contributed by atoms with Gasteiger partial charge in [0.05, 0.1) is 5.54 Å². The number of ether oxygens (including phenoxy) is 1. The van der Waals surface area contributed by atoms with Crippen molar-refractivity contribution in [3.63, 3.8) is 0 Å². The molecule has 0 radical (unpaired) electrons. The minimum absolute atomic E-state index is 0.170. The largest absolute Gasteiger partial charge is 0.444 e. The summed E-state index contributed by atoms with van der Waals surface area (Å²) in [5.41, 5.74) is 5.29. The average Bonchev–Trinajstić information content (AvgIpc) is 2.60. The number of carbonyl (C=O) groups excluding carboxylic acids is 1. The van der Waals surface area contributed by atoms with Crippen LogP contribution in [0.4, 0.5) is 4.79 Å². The molecular weight excluding hydrogens is 216 g/mol. The molecule has 1 atom stereocenters. The standard InChI is InChI=1S/C13H26N2O2/c1-5-7-13(10-14)8-6-9-15(13)11(16)17-12(2,3)4/h5-10,14H2,1-4H3/t13-/m1/s1. The van der Waals surface area contributed by atoms with E-state index in [9.17, 15) is 4.79 Å². The summed E-state index contributed by atoms with van der Waals surface area (Å²) in [5, 5.41) is 0. The van der Waals surface area contributed by atoms with Crippen LogP contribution < -0.4 is 5.73 Å². The van der Waals surface area contributed by atoms with Gasteiger partial charge in [-0.1, -0.05) is 13.3 Å². The Morgan fingerprint density at radius 1 is 1.47 bits per heavy atom. The third-order valence-corrected chi connectivity index (χ3v) is 3.31. The van der Waals surface area contributed by atoms with E-state index in [-0.39, 0.29) is 11.6 Å². The Morgan fingerprint density at radius 3 is 2.59 bits per heavy atom. The van der Waals surface area contributed by atoms with E-state index in [1.165, 1.54) is 0 Å². The first-order valence-corrected chi connectivity index (χ1v) is 6.55. The molecule has 4 nitrogen and oxygen atoms in total. The number of likely N-dealkylation sites (tertiary alicyclic amines) is 1. The molecule has 0 bridgehead atoms. The Kier molecular flexibility index (Phi) is 4.42. The van der Waals surface area contributed by atoms with Crippen molar-refractivity contribution >= 4 is 6.09 Å². The molecule has 0 aliphatic carbocycles. The van der Waals surface area contributed by atoms with Crippen LogP contribution >= 0.6 is 0 Å². The van der Waals surface area contributed by atoms with Gasteiger partial charge in [0.1, 0.15) is 5.60 Å². The third kappa shape index (κ3) is 3.35. The van der Waals surface area contributed by atoms with Gasteiger partial charge < -0.3 is 15.4 Å². The van der Waals surface area contributed by atoms with Gasteiger partial charge in [-0.05, 0) is 40.0 Å². The lowest BCUT2D eigenvalue weighted by molar-refractivity contribution is 0.00755. The highest BCUT2D eigenvalue weighted by Crippen LogP contribution is 2.33. The van der Waals surface area contributed by atoms with Crippen molar-refractivity contribution < 1.29 is 9.53 Å². The predicted octanol–water partition coefficient (Wildman–Crippen LogP) is 2.51. The zero-order valence-corrected chi connectivity index (χ0v) is 11.6. The maximum Gasteiger partial charge on any atom is 0.410 e. The first-order valence-electron chi connectivity index (χ1n) is 6.55. The van der Waals surface area contributed by atoms with Gasteiger partial charge in [-0.25, -0.2) is 4.79 Å². The first kappa shape index (κ1) is 14.3. The van der Waals surface area contributed by atoms with E-state index in [0.29, 0.717) is 6.54 Å². The van der Waals surface area contributed by atoms with Gasteiger partial charge in [-0.3, -0.25) is 0 Å². The fraction of sp³-hybridized carbons (Fsp3) is 0.923. The Balaban J connectivity index is 2.77. The van der Waals surface area contributed by atoms with E-state index in [0.717, 1.165) is 32.2 Å². The third-order valence-electron chi connectivity index (χ3n) is 3.31. The monoisotopic (exact) mass is 242 g/mol. The van der Waals surface area contributed by atoms with Crippen LogP contribution in [0.15, 0.2) is 0 Å². The number of hydrogen-bond acceptors (Lipinski definition) is 3. The molecule has 4 heteroatoms. The van der Waals surface area contributed by atoms with Crippen molar-refractivity contribution in [1.82, 2.24) is 4.90 Å². The molecule has 1 aliphatic heterocycles. The summed E-state index contributed by atoms with van der Waals surface area (Å²) in [6, 6.07) is 0. The summed E-state index contributed by atoms with van der Waals surface area (Å²) in [4.78, 5) is 14.0. The molecule has 0 aromatic rings. The summed E-state index contributed by atoms with van der Waals surface area (Å²) in [7, 11) is 0. The molecule has 17 heavy (non-hydrogen) atoms. The predicted molar refractivity (Wildman–Crippen MR) is 68.9 cm³/mol. The van der Waals surface area contributed by atoms with E-state index in [4.69, 9.17) is 10.5 Å². The van der Waals surface area contributed by atoms with Crippen molar-refractivity contribution in [2.24, 2.45) is 5.73 Å². The van der Waals surface area contributed by atoms with Crippen LogP contribution in [-0.2, 0) is 4.74 Å². The van der Waals surface area contributed by atoms with Crippen LogP contribution in [0.5, 0.6) is 0 Å². The Labute approximate surface area is 104 Å². The quantitative estimate of drug-likeness (QED) is 0.827. The van der Waals surface area contributed by atoms with Crippen LogP contribution in [0.1, 0.15) is 53.4 Å². The van der Waals surface area contributed by atoms with Crippen molar-refractivity contribution in [3.8, 4) is 0 Å².